The normalized spacial score (nSPS) is 18.8. The molecule has 2 heterocycles. The van der Waals surface area contributed by atoms with Crippen molar-refractivity contribution in [2.75, 3.05) is 78.8 Å². The van der Waals surface area contributed by atoms with Crippen molar-refractivity contribution in [3.8, 4) is 0 Å². The second-order valence-electron chi connectivity index (χ2n) is 8.27. The molecule has 2 rings (SSSR count). The summed E-state index contributed by atoms with van der Waals surface area (Å²) in [5.41, 5.74) is -12.2. The van der Waals surface area contributed by atoms with Crippen LogP contribution in [0.3, 0.4) is 0 Å². The van der Waals surface area contributed by atoms with E-state index in [0.717, 1.165) is 0 Å². The third-order valence-electron chi connectivity index (χ3n) is 5.68. The number of hydrogen-bond acceptors (Lipinski definition) is 10. The highest BCUT2D eigenvalue weighted by Gasteiger charge is 2.56. The fraction of sp³-hybridized carbons (Fsp3) is 0.889. The molecule has 2 fully saturated rings. The first kappa shape index (κ1) is 32.5. The van der Waals surface area contributed by atoms with E-state index in [0.29, 0.717) is 26.2 Å². The molecule has 0 aromatic rings. The van der Waals surface area contributed by atoms with Crippen molar-refractivity contribution in [1.29, 1.82) is 0 Å². The van der Waals surface area contributed by atoms with Crippen molar-refractivity contribution >= 4 is 31.9 Å². The van der Waals surface area contributed by atoms with E-state index < -0.39 is 77.4 Å². The topological polar surface area (TPSA) is 134 Å². The van der Waals surface area contributed by atoms with E-state index in [2.05, 4.69) is 0 Å². The highest BCUT2D eigenvalue weighted by atomic mass is 32.2. The van der Waals surface area contributed by atoms with Gasteiger partial charge in [-0.25, -0.2) is 8.61 Å². The van der Waals surface area contributed by atoms with Crippen molar-refractivity contribution in [3.63, 3.8) is 0 Å². The summed E-state index contributed by atoms with van der Waals surface area (Å²) in [6.07, 6.45) is -0.839. The zero-order valence-corrected chi connectivity index (χ0v) is 21.7. The Hall–Kier alpha value is -1.74. The van der Waals surface area contributed by atoms with Gasteiger partial charge in [-0.05, 0) is 12.8 Å². The smallest absolute Gasteiger partial charge is 0.379 e. The highest BCUT2D eigenvalue weighted by Crippen LogP contribution is 2.30. The van der Waals surface area contributed by atoms with Crippen LogP contribution >= 0.6 is 0 Å². The van der Waals surface area contributed by atoms with Crippen LogP contribution < -0.4 is 0 Å². The summed E-state index contributed by atoms with van der Waals surface area (Å²) in [5.74, 6) is -5.13. The van der Waals surface area contributed by atoms with E-state index in [1.54, 1.807) is 9.80 Å². The van der Waals surface area contributed by atoms with Crippen LogP contribution in [0.5, 0.6) is 0 Å². The predicted molar refractivity (Wildman–Crippen MR) is 117 cm³/mol. The maximum atomic E-state index is 13.3. The first-order valence-corrected chi connectivity index (χ1v) is 14.2. The average Bonchev–Trinajstić information content (AvgIpc) is 2.83. The maximum absolute atomic E-state index is 13.3. The number of morpholine rings is 2. The Morgan fingerprint density at radius 2 is 0.921 bits per heavy atom. The number of ether oxygens (including phenoxy) is 2. The first-order valence-electron chi connectivity index (χ1n) is 11.4. The van der Waals surface area contributed by atoms with Gasteiger partial charge in [-0.15, -0.1) is 0 Å². The summed E-state index contributed by atoms with van der Waals surface area (Å²) in [6, 6.07) is 0. The second kappa shape index (κ2) is 13.1. The monoisotopic (exact) mass is 606 g/mol. The Balaban J connectivity index is 2.27. The Morgan fingerprint density at radius 1 is 0.632 bits per heavy atom. The van der Waals surface area contributed by atoms with Gasteiger partial charge in [-0.1, -0.05) is 0 Å². The fourth-order valence-corrected chi connectivity index (χ4v) is 5.48. The summed E-state index contributed by atoms with van der Waals surface area (Å²) in [5, 5.41) is 0. The van der Waals surface area contributed by atoms with Crippen LogP contribution in [0.15, 0.2) is 0 Å². The van der Waals surface area contributed by atoms with Gasteiger partial charge in [-0.2, -0.15) is 43.2 Å². The number of nitrogens with zero attached hydrogens (tertiary/aromatic N) is 4. The number of amides is 2. The van der Waals surface area contributed by atoms with E-state index in [-0.39, 0.29) is 39.5 Å². The van der Waals surface area contributed by atoms with Gasteiger partial charge in [-0.3, -0.25) is 19.4 Å². The molecule has 2 aliphatic rings. The lowest BCUT2D eigenvalue weighted by molar-refractivity contribution is -0.147. The molecule has 20 heteroatoms. The van der Waals surface area contributed by atoms with Gasteiger partial charge in [0.15, 0.2) is 0 Å². The van der Waals surface area contributed by atoms with Gasteiger partial charge >= 0.3 is 42.9 Å². The van der Waals surface area contributed by atoms with Crippen molar-refractivity contribution in [2.45, 2.75) is 23.9 Å². The first-order chi connectivity index (χ1) is 17.5. The number of alkyl halides is 6. The Labute approximate surface area is 215 Å². The fourth-order valence-electron chi connectivity index (χ4n) is 3.65. The van der Waals surface area contributed by atoms with E-state index in [1.165, 1.54) is 0 Å². The third-order valence-corrected chi connectivity index (χ3v) is 8.71. The van der Waals surface area contributed by atoms with E-state index in [4.69, 9.17) is 9.47 Å². The lowest BCUT2D eigenvalue weighted by Gasteiger charge is -2.30. The molecule has 0 spiro atoms. The molecule has 0 N–H and O–H groups in total. The summed E-state index contributed by atoms with van der Waals surface area (Å²) in [4.78, 5) is 28.7. The molecule has 0 atom stereocenters. The predicted octanol–water partition coefficient (Wildman–Crippen LogP) is -0.213. The number of halogens is 6. The molecule has 0 saturated carbocycles. The van der Waals surface area contributed by atoms with Crippen LogP contribution in [0.25, 0.3) is 0 Å². The van der Waals surface area contributed by atoms with Gasteiger partial charge in [0.25, 0.3) is 0 Å². The summed E-state index contributed by atoms with van der Waals surface area (Å²) >= 11 is 0. The van der Waals surface area contributed by atoms with E-state index >= 15 is 0 Å². The average molecular weight is 607 g/mol. The van der Waals surface area contributed by atoms with Gasteiger partial charge in [0, 0.05) is 52.4 Å². The molecule has 0 aliphatic carbocycles. The van der Waals surface area contributed by atoms with Crippen LogP contribution in [0.4, 0.5) is 26.3 Å². The molecule has 222 valence electrons. The second-order valence-corrected chi connectivity index (χ2v) is 12.0. The van der Waals surface area contributed by atoms with Crippen molar-refractivity contribution in [3.05, 3.63) is 0 Å². The summed E-state index contributed by atoms with van der Waals surface area (Å²) in [7, 11) is -13.1. The molecule has 2 amide bonds. The molecule has 0 unspecified atom stereocenters. The lowest BCUT2D eigenvalue weighted by Crippen LogP contribution is -2.55. The molecule has 0 aromatic heterocycles. The minimum absolute atomic E-state index is 0.0289. The van der Waals surface area contributed by atoms with Crippen molar-refractivity contribution < 1.29 is 62.2 Å². The molecule has 0 aromatic carbocycles. The quantitative estimate of drug-likeness (QED) is 0.243. The number of sulfonamides is 2. The molecule has 0 bridgehead atoms. The van der Waals surface area contributed by atoms with Crippen LogP contribution in [0.2, 0.25) is 0 Å². The highest BCUT2D eigenvalue weighted by molar-refractivity contribution is 7.91. The van der Waals surface area contributed by atoms with Crippen molar-refractivity contribution in [2.24, 2.45) is 0 Å². The third kappa shape index (κ3) is 8.13. The lowest BCUT2D eigenvalue weighted by atomic mass is 10.3. The minimum Gasteiger partial charge on any atom is -0.379 e. The largest absolute Gasteiger partial charge is 0.516 e. The zero-order valence-electron chi connectivity index (χ0n) is 20.0. The van der Waals surface area contributed by atoms with Crippen molar-refractivity contribution in [1.82, 2.24) is 18.4 Å². The SMILES string of the molecule is O=C(C(=O)N(CCCN1CCOCC1)S(=O)(=O)C(F)(F)F)N(CCCN1CCOCC1)S(=O)(=O)C(F)(F)F. The molecule has 0 radical (unpaired) electrons. The van der Waals surface area contributed by atoms with E-state index in [1.807, 2.05) is 0 Å². The van der Waals surface area contributed by atoms with E-state index in [9.17, 15) is 52.8 Å². The van der Waals surface area contributed by atoms with Crippen LogP contribution in [-0.2, 0) is 39.1 Å². The van der Waals surface area contributed by atoms with Crippen LogP contribution in [0, 0.1) is 0 Å². The summed E-state index contributed by atoms with van der Waals surface area (Å²) < 4.78 is 136. The molecule has 12 nitrogen and oxygen atoms in total. The number of rotatable bonds is 10. The molecule has 38 heavy (non-hydrogen) atoms. The Morgan fingerprint density at radius 3 is 1.18 bits per heavy atom. The number of carbonyl (C=O) groups is 2. The Bertz CT molecular complexity index is 944. The molecular formula is C18H28F6N4O8S2. The maximum Gasteiger partial charge on any atom is 0.516 e. The zero-order chi connectivity index (χ0) is 28.8. The van der Waals surface area contributed by atoms with Gasteiger partial charge in [0.2, 0.25) is 0 Å². The molecule has 2 saturated heterocycles. The molecular weight excluding hydrogens is 578 g/mol. The van der Waals surface area contributed by atoms with Gasteiger partial charge in [0.05, 0.1) is 26.4 Å². The molecule has 2 aliphatic heterocycles. The summed E-state index contributed by atoms with van der Waals surface area (Å²) in [6.45, 7) is 0.0336. The van der Waals surface area contributed by atoms with Gasteiger partial charge in [0.1, 0.15) is 0 Å². The van der Waals surface area contributed by atoms with Crippen LogP contribution in [0.1, 0.15) is 12.8 Å². The van der Waals surface area contributed by atoms with Crippen LogP contribution in [-0.4, -0.2) is 137 Å². The number of hydrogen-bond donors (Lipinski definition) is 0. The number of carbonyl (C=O) groups excluding carboxylic acids is 2. The Kier molecular flexibility index (Phi) is 11.2. The minimum atomic E-state index is -6.54. The standard InChI is InChI=1S/C18H28F6N4O8S2/c19-17(20,21)37(31,32)27(5-1-3-25-7-11-35-12-8-25)15(29)16(30)28(38(33,34)18(22,23)24)6-2-4-26-9-13-36-14-10-26/h1-14H2. The van der Waals surface area contributed by atoms with Gasteiger partial charge < -0.3 is 9.47 Å².